The monoisotopic (exact) mass is 296 g/mol. The van der Waals surface area contributed by atoms with Gasteiger partial charge in [-0.3, -0.25) is 9.59 Å². The first-order valence-corrected chi connectivity index (χ1v) is 8.10. The fraction of sp³-hybridized carbons (Fsp3) is 0.875. The molecule has 0 bridgehead atoms. The molecule has 2 fully saturated rings. The van der Waals surface area contributed by atoms with E-state index in [4.69, 9.17) is 4.74 Å². The Hall–Kier alpha value is -1.10. The van der Waals surface area contributed by atoms with Crippen molar-refractivity contribution in [1.82, 2.24) is 10.2 Å². The van der Waals surface area contributed by atoms with Crippen molar-refractivity contribution in [3.8, 4) is 0 Å². The van der Waals surface area contributed by atoms with Crippen molar-refractivity contribution < 1.29 is 14.3 Å². The zero-order valence-electron chi connectivity index (χ0n) is 13.6. The van der Waals surface area contributed by atoms with Crippen LogP contribution in [-0.2, 0) is 14.3 Å². The van der Waals surface area contributed by atoms with Gasteiger partial charge in [0.25, 0.3) is 0 Å². The lowest BCUT2D eigenvalue weighted by molar-refractivity contribution is -0.152. The summed E-state index contributed by atoms with van der Waals surface area (Å²) < 4.78 is 5.60. The standard InChI is InChI=1S/C16H28N2O3/c1-10(2)9-21-8-7-18-14(11(3)4)15(19)17-13(16(18)20)12-5-6-12/h10-14H,5-9H2,1-4H3,(H,17,19). The van der Waals surface area contributed by atoms with Crippen molar-refractivity contribution in [2.75, 3.05) is 19.8 Å². The second-order valence-corrected chi connectivity index (χ2v) is 7.01. The number of nitrogens with one attached hydrogen (secondary N) is 1. The molecule has 1 aliphatic carbocycles. The van der Waals surface area contributed by atoms with Gasteiger partial charge >= 0.3 is 0 Å². The summed E-state index contributed by atoms with van der Waals surface area (Å²) in [6.45, 7) is 9.85. The predicted molar refractivity (Wildman–Crippen MR) is 80.7 cm³/mol. The van der Waals surface area contributed by atoms with Crippen molar-refractivity contribution in [3.05, 3.63) is 0 Å². The van der Waals surface area contributed by atoms with E-state index in [1.165, 1.54) is 0 Å². The van der Waals surface area contributed by atoms with E-state index in [0.717, 1.165) is 12.8 Å². The highest BCUT2D eigenvalue weighted by atomic mass is 16.5. The Bertz CT molecular complexity index is 391. The van der Waals surface area contributed by atoms with Crippen molar-refractivity contribution in [3.63, 3.8) is 0 Å². The maximum Gasteiger partial charge on any atom is 0.246 e. The molecule has 0 spiro atoms. The molecule has 1 aliphatic heterocycles. The van der Waals surface area contributed by atoms with Gasteiger partial charge < -0.3 is 15.0 Å². The molecule has 2 rings (SSSR count). The number of nitrogens with zero attached hydrogens (tertiary/aromatic N) is 1. The van der Waals surface area contributed by atoms with Gasteiger partial charge in [0, 0.05) is 13.2 Å². The molecule has 5 nitrogen and oxygen atoms in total. The second kappa shape index (κ2) is 6.77. The van der Waals surface area contributed by atoms with Gasteiger partial charge in [0.15, 0.2) is 0 Å². The summed E-state index contributed by atoms with van der Waals surface area (Å²) in [6.07, 6.45) is 2.08. The Morgan fingerprint density at radius 3 is 2.43 bits per heavy atom. The highest BCUT2D eigenvalue weighted by Gasteiger charge is 2.47. The van der Waals surface area contributed by atoms with E-state index >= 15 is 0 Å². The zero-order chi connectivity index (χ0) is 15.6. The lowest BCUT2D eigenvalue weighted by Crippen LogP contribution is -2.65. The van der Waals surface area contributed by atoms with Crippen LogP contribution < -0.4 is 5.32 Å². The van der Waals surface area contributed by atoms with Gasteiger partial charge in [0.1, 0.15) is 12.1 Å². The molecule has 0 aromatic carbocycles. The molecule has 0 aromatic rings. The lowest BCUT2D eigenvalue weighted by atomic mass is 9.95. The Morgan fingerprint density at radius 1 is 1.24 bits per heavy atom. The van der Waals surface area contributed by atoms with E-state index in [2.05, 4.69) is 19.2 Å². The zero-order valence-corrected chi connectivity index (χ0v) is 13.6. The topological polar surface area (TPSA) is 58.6 Å². The summed E-state index contributed by atoms with van der Waals surface area (Å²) in [5.74, 6) is 0.993. The average Bonchev–Trinajstić information content (AvgIpc) is 3.21. The maximum atomic E-state index is 12.7. The maximum absolute atomic E-state index is 12.7. The minimum atomic E-state index is -0.366. The molecule has 2 unspecified atom stereocenters. The van der Waals surface area contributed by atoms with Gasteiger partial charge in [-0.2, -0.15) is 0 Å². The third kappa shape index (κ3) is 3.96. The van der Waals surface area contributed by atoms with Crippen molar-refractivity contribution >= 4 is 11.8 Å². The summed E-state index contributed by atoms with van der Waals surface area (Å²) >= 11 is 0. The summed E-state index contributed by atoms with van der Waals surface area (Å²) in [5.41, 5.74) is 0. The van der Waals surface area contributed by atoms with E-state index in [0.29, 0.717) is 31.6 Å². The number of hydrogen-bond acceptors (Lipinski definition) is 3. The van der Waals surface area contributed by atoms with Gasteiger partial charge in [0.2, 0.25) is 11.8 Å². The van der Waals surface area contributed by atoms with Gasteiger partial charge in [-0.25, -0.2) is 0 Å². The van der Waals surface area contributed by atoms with E-state index < -0.39 is 0 Å². The first-order valence-electron chi connectivity index (χ1n) is 8.10. The molecule has 2 amide bonds. The molecular weight excluding hydrogens is 268 g/mol. The quantitative estimate of drug-likeness (QED) is 0.723. The van der Waals surface area contributed by atoms with Crippen molar-refractivity contribution in [2.45, 2.75) is 52.6 Å². The summed E-state index contributed by atoms with van der Waals surface area (Å²) in [5, 5.41) is 2.93. The smallest absolute Gasteiger partial charge is 0.246 e. The van der Waals surface area contributed by atoms with Crippen molar-refractivity contribution in [2.24, 2.45) is 17.8 Å². The second-order valence-electron chi connectivity index (χ2n) is 7.01. The number of amides is 2. The lowest BCUT2D eigenvalue weighted by Gasteiger charge is -2.41. The van der Waals surface area contributed by atoms with Crippen molar-refractivity contribution in [1.29, 1.82) is 0 Å². The Kier molecular flexibility index (Phi) is 5.25. The average molecular weight is 296 g/mol. The van der Waals surface area contributed by atoms with Crippen LogP contribution in [0.4, 0.5) is 0 Å². The molecule has 0 aromatic heterocycles. The Morgan fingerprint density at radius 2 is 1.90 bits per heavy atom. The summed E-state index contributed by atoms with van der Waals surface area (Å²) in [4.78, 5) is 26.7. The fourth-order valence-corrected chi connectivity index (χ4v) is 2.90. The largest absolute Gasteiger partial charge is 0.379 e. The SMILES string of the molecule is CC(C)COCCN1C(=O)C(C2CC2)NC(=O)C1C(C)C. The number of piperazine rings is 1. The van der Waals surface area contributed by atoms with E-state index in [9.17, 15) is 9.59 Å². The molecule has 1 heterocycles. The van der Waals surface area contributed by atoms with Gasteiger partial charge in [-0.05, 0) is 30.6 Å². The van der Waals surface area contributed by atoms with Crippen LogP contribution in [0.5, 0.6) is 0 Å². The Balaban J connectivity index is 1.99. The van der Waals surface area contributed by atoms with E-state index in [-0.39, 0.29) is 29.8 Å². The number of ether oxygens (including phenoxy) is 1. The number of carbonyl (C=O) groups excluding carboxylic acids is 2. The Labute approximate surface area is 127 Å². The van der Waals surface area contributed by atoms with Crippen LogP contribution in [0.25, 0.3) is 0 Å². The number of hydrogen-bond donors (Lipinski definition) is 1. The molecule has 0 radical (unpaired) electrons. The van der Waals surface area contributed by atoms with Crippen LogP contribution in [0.3, 0.4) is 0 Å². The molecule has 1 N–H and O–H groups in total. The summed E-state index contributed by atoms with van der Waals surface area (Å²) in [6, 6.07) is -0.673. The van der Waals surface area contributed by atoms with Gasteiger partial charge in [-0.1, -0.05) is 27.7 Å². The van der Waals surface area contributed by atoms with Crippen LogP contribution in [0.2, 0.25) is 0 Å². The van der Waals surface area contributed by atoms with Crippen LogP contribution >= 0.6 is 0 Å². The van der Waals surface area contributed by atoms with Crippen LogP contribution in [-0.4, -0.2) is 48.6 Å². The molecule has 120 valence electrons. The number of carbonyl (C=O) groups is 2. The molecule has 2 atom stereocenters. The molecule has 21 heavy (non-hydrogen) atoms. The highest BCUT2D eigenvalue weighted by Crippen LogP contribution is 2.35. The summed E-state index contributed by atoms with van der Waals surface area (Å²) in [7, 11) is 0. The normalized spacial score (nSPS) is 26.7. The molecule has 2 aliphatic rings. The molecule has 1 saturated heterocycles. The highest BCUT2D eigenvalue weighted by molar-refractivity contribution is 5.97. The van der Waals surface area contributed by atoms with Crippen LogP contribution in [0, 0.1) is 17.8 Å². The third-order valence-corrected chi connectivity index (χ3v) is 4.10. The van der Waals surface area contributed by atoms with E-state index in [1.54, 1.807) is 4.90 Å². The van der Waals surface area contributed by atoms with Gasteiger partial charge in [0.05, 0.1) is 6.61 Å². The molecular formula is C16H28N2O3. The minimum Gasteiger partial charge on any atom is -0.379 e. The predicted octanol–water partition coefficient (Wildman–Crippen LogP) is 1.42. The fourth-order valence-electron chi connectivity index (χ4n) is 2.90. The van der Waals surface area contributed by atoms with Crippen LogP contribution in [0.15, 0.2) is 0 Å². The minimum absolute atomic E-state index is 0.00893. The molecule has 1 saturated carbocycles. The first kappa shape index (κ1) is 16.3. The first-order chi connectivity index (χ1) is 9.91. The van der Waals surface area contributed by atoms with Crippen LogP contribution in [0.1, 0.15) is 40.5 Å². The third-order valence-electron chi connectivity index (χ3n) is 4.10. The molecule has 5 heteroatoms. The van der Waals surface area contributed by atoms with E-state index in [1.807, 2.05) is 13.8 Å². The number of rotatable bonds is 7. The van der Waals surface area contributed by atoms with Gasteiger partial charge in [-0.15, -0.1) is 0 Å².